The van der Waals surface area contributed by atoms with Gasteiger partial charge in [0.05, 0.1) is 4.92 Å². The minimum atomic E-state index is -4.57. The summed E-state index contributed by atoms with van der Waals surface area (Å²) in [5.41, 5.74) is -0.299. The average Bonchev–Trinajstić information content (AvgIpc) is 2.35. The van der Waals surface area contributed by atoms with E-state index in [2.05, 4.69) is 15.9 Å². The van der Waals surface area contributed by atoms with Crippen molar-refractivity contribution in [2.75, 3.05) is 18.4 Å². The van der Waals surface area contributed by atoms with Gasteiger partial charge in [0.25, 0.3) is 11.6 Å². The number of alkyl halides is 4. The summed E-state index contributed by atoms with van der Waals surface area (Å²) in [5, 5.41) is 11.0. The van der Waals surface area contributed by atoms with Crippen molar-refractivity contribution >= 4 is 27.5 Å². The van der Waals surface area contributed by atoms with Gasteiger partial charge in [0.15, 0.2) is 0 Å². The van der Waals surface area contributed by atoms with E-state index in [1.165, 1.54) is 12.1 Å². The van der Waals surface area contributed by atoms with Gasteiger partial charge in [-0.15, -0.1) is 0 Å². The fourth-order valence-electron chi connectivity index (χ4n) is 1.72. The van der Waals surface area contributed by atoms with Crippen LogP contribution in [0.1, 0.15) is 15.9 Å². The molecule has 0 saturated heterocycles. The van der Waals surface area contributed by atoms with Gasteiger partial charge in [-0.1, -0.05) is 22.0 Å². The number of nitro benzene ring substituents is 1. The molecule has 1 rings (SSSR count). The highest BCUT2D eigenvalue weighted by molar-refractivity contribution is 9.09. The number of aryl methyl sites for hydroxylation is 1. The van der Waals surface area contributed by atoms with E-state index >= 15 is 0 Å². The molecule has 0 aliphatic carbocycles. The summed E-state index contributed by atoms with van der Waals surface area (Å²) in [4.78, 5) is 22.9. The minimum absolute atomic E-state index is 0.133. The standard InChI is InChI=1S/C12H12BrF3N2O3/c1-8-2-3-10(18(20)21)9(6-8)11(19)17(5-4-13)7-12(14,15)16/h2-3,6H,4-5,7H2,1H3. The lowest BCUT2D eigenvalue weighted by Crippen LogP contribution is -2.40. The molecular formula is C12H12BrF3N2O3. The second kappa shape index (κ2) is 6.88. The minimum Gasteiger partial charge on any atom is -0.328 e. The molecule has 1 aromatic carbocycles. The number of nitrogens with zero attached hydrogens (tertiary/aromatic N) is 2. The fraction of sp³-hybridized carbons (Fsp3) is 0.417. The van der Waals surface area contributed by atoms with Gasteiger partial charge in [0.1, 0.15) is 12.1 Å². The molecule has 1 aromatic rings. The summed E-state index contributed by atoms with van der Waals surface area (Å²) in [7, 11) is 0. The second-order valence-corrected chi connectivity index (χ2v) is 5.10. The van der Waals surface area contributed by atoms with E-state index in [-0.39, 0.29) is 17.4 Å². The molecular weight excluding hydrogens is 357 g/mol. The highest BCUT2D eigenvalue weighted by atomic mass is 79.9. The fourth-order valence-corrected chi connectivity index (χ4v) is 2.15. The van der Waals surface area contributed by atoms with Crippen molar-refractivity contribution in [2.24, 2.45) is 0 Å². The SMILES string of the molecule is Cc1ccc([N+](=O)[O-])c(C(=O)N(CCBr)CC(F)(F)F)c1. The Balaban J connectivity index is 3.19. The monoisotopic (exact) mass is 368 g/mol. The third-order valence-electron chi connectivity index (χ3n) is 2.59. The van der Waals surface area contributed by atoms with Crippen molar-refractivity contribution in [1.29, 1.82) is 0 Å². The first-order valence-electron chi connectivity index (χ1n) is 5.82. The van der Waals surface area contributed by atoms with Crippen LogP contribution in [0, 0.1) is 17.0 Å². The summed E-state index contributed by atoms with van der Waals surface area (Å²) in [5.74, 6) is -1.01. The van der Waals surface area contributed by atoms with E-state index in [0.29, 0.717) is 10.5 Å². The van der Waals surface area contributed by atoms with Crippen LogP contribution in [0.5, 0.6) is 0 Å². The van der Waals surface area contributed by atoms with Crippen molar-refractivity contribution in [2.45, 2.75) is 13.1 Å². The van der Waals surface area contributed by atoms with Crippen LogP contribution in [-0.2, 0) is 0 Å². The Bertz CT molecular complexity index is 549. The lowest BCUT2D eigenvalue weighted by Gasteiger charge is -2.23. The molecule has 0 unspecified atom stereocenters. The van der Waals surface area contributed by atoms with Crippen molar-refractivity contribution in [3.63, 3.8) is 0 Å². The Morgan fingerprint density at radius 3 is 2.52 bits per heavy atom. The molecule has 0 atom stereocenters. The van der Waals surface area contributed by atoms with Crippen LogP contribution in [0.15, 0.2) is 18.2 Å². The van der Waals surface area contributed by atoms with Crippen LogP contribution in [-0.4, -0.2) is 40.3 Å². The van der Waals surface area contributed by atoms with Gasteiger partial charge in [-0.05, 0) is 18.6 Å². The predicted molar refractivity (Wildman–Crippen MR) is 73.6 cm³/mol. The molecule has 0 fully saturated rings. The number of rotatable bonds is 5. The molecule has 0 heterocycles. The summed E-state index contributed by atoms with van der Waals surface area (Å²) < 4.78 is 37.5. The van der Waals surface area contributed by atoms with Crippen LogP contribution < -0.4 is 0 Å². The molecule has 5 nitrogen and oxygen atoms in total. The van der Waals surface area contributed by atoms with E-state index in [1.807, 2.05) is 0 Å². The molecule has 0 spiro atoms. The zero-order chi connectivity index (χ0) is 16.2. The number of nitro groups is 1. The van der Waals surface area contributed by atoms with Crippen molar-refractivity contribution < 1.29 is 22.9 Å². The number of hydrogen-bond acceptors (Lipinski definition) is 3. The molecule has 0 aromatic heterocycles. The molecule has 0 aliphatic rings. The van der Waals surface area contributed by atoms with Crippen molar-refractivity contribution in [3.05, 3.63) is 39.4 Å². The van der Waals surface area contributed by atoms with Gasteiger partial charge in [-0.25, -0.2) is 0 Å². The van der Waals surface area contributed by atoms with Gasteiger partial charge in [-0.2, -0.15) is 13.2 Å². The first kappa shape index (κ1) is 17.4. The van der Waals surface area contributed by atoms with Crippen molar-refractivity contribution in [1.82, 2.24) is 4.90 Å². The maximum Gasteiger partial charge on any atom is 0.406 e. The van der Waals surface area contributed by atoms with Crippen LogP contribution in [0.3, 0.4) is 0 Å². The number of amides is 1. The molecule has 116 valence electrons. The maximum absolute atomic E-state index is 12.5. The van der Waals surface area contributed by atoms with Crippen LogP contribution in [0.4, 0.5) is 18.9 Å². The molecule has 1 amide bonds. The van der Waals surface area contributed by atoms with Gasteiger partial charge in [-0.3, -0.25) is 14.9 Å². The number of halogens is 4. The summed E-state index contributed by atoms with van der Waals surface area (Å²) in [6, 6.07) is 3.76. The van der Waals surface area contributed by atoms with E-state index in [0.717, 1.165) is 6.07 Å². The zero-order valence-electron chi connectivity index (χ0n) is 11.0. The highest BCUT2D eigenvalue weighted by Crippen LogP contribution is 2.24. The van der Waals surface area contributed by atoms with Gasteiger partial charge < -0.3 is 4.90 Å². The van der Waals surface area contributed by atoms with Crippen LogP contribution in [0.25, 0.3) is 0 Å². The molecule has 21 heavy (non-hydrogen) atoms. The topological polar surface area (TPSA) is 63.5 Å². The Labute approximate surface area is 127 Å². The third-order valence-corrected chi connectivity index (χ3v) is 2.95. The Hall–Kier alpha value is -1.64. The molecule has 0 saturated carbocycles. The lowest BCUT2D eigenvalue weighted by molar-refractivity contribution is -0.385. The maximum atomic E-state index is 12.5. The first-order valence-corrected chi connectivity index (χ1v) is 6.95. The number of carbonyl (C=O) groups excluding carboxylic acids is 1. The van der Waals surface area contributed by atoms with E-state index in [9.17, 15) is 28.1 Å². The quantitative estimate of drug-likeness (QED) is 0.455. The number of carbonyl (C=O) groups is 1. The Kier molecular flexibility index (Phi) is 5.70. The Morgan fingerprint density at radius 2 is 2.05 bits per heavy atom. The van der Waals surface area contributed by atoms with Gasteiger partial charge in [0, 0.05) is 17.9 Å². The van der Waals surface area contributed by atoms with E-state index < -0.39 is 29.2 Å². The number of hydrogen-bond donors (Lipinski definition) is 0. The normalized spacial score (nSPS) is 11.3. The zero-order valence-corrected chi connectivity index (χ0v) is 12.6. The largest absolute Gasteiger partial charge is 0.406 e. The van der Waals surface area contributed by atoms with Gasteiger partial charge in [0.2, 0.25) is 0 Å². The smallest absolute Gasteiger partial charge is 0.328 e. The molecule has 0 radical (unpaired) electrons. The molecule has 9 heteroatoms. The first-order chi connectivity index (χ1) is 9.65. The van der Waals surface area contributed by atoms with Crippen LogP contribution in [0.2, 0.25) is 0 Å². The van der Waals surface area contributed by atoms with E-state index in [4.69, 9.17) is 0 Å². The van der Waals surface area contributed by atoms with Gasteiger partial charge >= 0.3 is 6.18 Å². The van der Waals surface area contributed by atoms with Crippen LogP contribution >= 0.6 is 15.9 Å². The summed E-state index contributed by atoms with van der Waals surface area (Å²) in [6.07, 6.45) is -4.57. The summed E-state index contributed by atoms with van der Waals surface area (Å²) in [6.45, 7) is -0.0644. The molecule has 0 N–H and O–H groups in total. The molecule has 0 aliphatic heterocycles. The second-order valence-electron chi connectivity index (χ2n) is 4.31. The highest BCUT2D eigenvalue weighted by Gasteiger charge is 2.34. The third kappa shape index (κ3) is 5.00. The number of benzene rings is 1. The average molecular weight is 369 g/mol. The van der Waals surface area contributed by atoms with E-state index in [1.54, 1.807) is 6.92 Å². The summed E-state index contributed by atoms with van der Waals surface area (Å²) >= 11 is 2.97. The molecule has 0 bridgehead atoms. The lowest BCUT2D eigenvalue weighted by atomic mass is 10.1. The van der Waals surface area contributed by atoms with Crippen molar-refractivity contribution in [3.8, 4) is 0 Å². The predicted octanol–water partition coefficient (Wildman–Crippen LogP) is 3.30. The Morgan fingerprint density at radius 1 is 1.43 bits per heavy atom.